The average molecular weight is 468 g/mol. The van der Waals surface area contributed by atoms with E-state index >= 15 is 0 Å². The Morgan fingerprint density at radius 3 is 2.42 bits per heavy atom. The van der Waals surface area contributed by atoms with Gasteiger partial charge in [-0.25, -0.2) is 13.2 Å². The van der Waals surface area contributed by atoms with E-state index < -0.39 is 10.0 Å². The van der Waals surface area contributed by atoms with Crippen molar-refractivity contribution in [3.63, 3.8) is 0 Å². The van der Waals surface area contributed by atoms with Crippen LogP contribution in [0.25, 0.3) is 0 Å². The Bertz CT molecular complexity index is 1170. The van der Waals surface area contributed by atoms with Crippen molar-refractivity contribution in [2.75, 3.05) is 37.4 Å². The third-order valence-electron chi connectivity index (χ3n) is 5.19. The number of pyridine rings is 1. The highest BCUT2D eigenvalue weighted by Gasteiger charge is 2.21. The third kappa shape index (κ3) is 6.77. The zero-order chi connectivity index (χ0) is 23.8. The van der Waals surface area contributed by atoms with Crippen molar-refractivity contribution in [1.82, 2.24) is 14.6 Å². The molecule has 9 heteroatoms. The smallest absolute Gasteiger partial charge is 0.319 e. The number of urea groups is 1. The summed E-state index contributed by atoms with van der Waals surface area (Å²) < 4.78 is 27.2. The van der Waals surface area contributed by atoms with Gasteiger partial charge in [0.15, 0.2) is 0 Å². The summed E-state index contributed by atoms with van der Waals surface area (Å²) in [5, 5.41) is 5.43. The first-order valence-corrected chi connectivity index (χ1v) is 12.0. The number of benzene rings is 2. The lowest BCUT2D eigenvalue weighted by Gasteiger charge is -2.24. The van der Waals surface area contributed by atoms with E-state index in [1.165, 1.54) is 16.4 Å². The minimum Gasteiger partial charge on any atom is -0.373 e. The van der Waals surface area contributed by atoms with Gasteiger partial charge in [-0.2, -0.15) is 4.31 Å². The van der Waals surface area contributed by atoms with Gasteiger partial charge in [0.25, 0.3) is 0 Å². The second kappa shape index (κ2) is 10.9. The molecule has 8 nitrogen and oxygen atoms in total. The Morgan fingerprint density at radius 1 is 1.00 bits per heavy atom. The number of rotatable bonds is 9. The van der Waals surface area contributed by atoms with Crippen molar-refractivity contribution in [3.05, 3.63) is 84.2 Å². The first-order valence-electron chi connectivity index (χ1n) is 10.5. The second-order valence-electron chi connectivity index (χ2n) is 7.78. The van der Waals surface area contributed by atoms with Gasteiger partial charge in [0, 0.05) is 57.5 Å². The van der Waals surface area contributed by atoms with Gasteiger partial charge in [-0.3, -0.25) is 4.98 Å². The quantitative estimate of drug-likeness (QED) is 0.503. The van der Waals surface area contributed by atoms with Crippen molar-refractivity contribution in [3.8, 4) is 0 Å². The Labute approximate surface area is 195 Å². The first kappa shape index (κ1) is 24.2. The van der Waals surface area contributed by atoms with Crippen molar-refractivity contribution in [1.29, 1.82) is 0 Å². The van der Waals surface area contributed by atoms with E-state index in [1.807, 2.05) is 43.1 Å². The largest absolute Gasteiger partial charge is 0.373 e. The number of hydrogen-bond donors (Lipinski definition) is 2. The molecule has 174 valence electrons. The van der Waals surface area contributed by atoms with E-state index in [0.29, 0.717) is 25.3 Å². The molecule has 0 spiro atoms. The van der Waals surface area contributed by atoms with Crippen LogP contribution in [0.5, 0.6) is 0 Å². The zero-order valence-electron chi connectivity index (χ0n) is 19.0. The normalized spacial score (nSPS) is 11.3. The molecular formula is C24H29N5O3S. The molecule has 0 radical (unpaired) electrons. The highest BCUT2D eigenvalue weighted by atomic mass is 32.2. The van der Waals surface area contributed by atoms with Crippen LogP contribution in [0.3, 0.4) is 0 Å². The molecule has 0 aliphatic carbocycles. The minimum absolute atomic E-state index is 0.171. The van der Waals surface area contributed by atoms with Gasteiger partial charge in [0.1, 0.15) is 0 Å². The molecule has 1 aromatic heterocycles. The number of aryl methyl sites for hydroxylation is 1. The van der Waals surface area contributed by atoms with Gasteiger partial charge < -0.3 is 15.5 Å². The standard InChI is InChI=1S/C24H29N5O3S/c1-19-6-4-8-22(16-19)28(2)14-15-29(3)33(31,32)23-11-9-21(10-12-23)27-24(30)26-18-20-7-5-13-25-17-20/h4-13,16-17H,14-15,18H2,1-3H3,(H2,26,27,30). The van der Waals surface area contributed by atoms with Crippen LogP contribution >= 0.6 is 0 Å². The molecule has 0 unspecified atom stereocenters. The summed E-state index contributed by atoms with van der Waals surface area (Å²) in [6.07, 6.45) is 3.34. The number of hydrogen-bond acceptors (Lipinski definition) is 5. The molecule has 0 bridgehead atoms. The molecule has 0 aliphatic rings. The van der Waals surface area contributed by atoms with Gasteiger partial charge in [0.05, 0.1) is 4.90 Å². The predicted octanol–water partition coefficient (Wildman–Crippen LogP) is 3.47. The molecule has 2 N–H and O–H groups in total. The summed E-state index contributed by atoms with van der Waals surface area (Å²) in [6.45, 7) is 3.25. The molecule has 0 saturated heterocycles. The topological polar surface area (TPSA) is 94.6 Å². The molecule has 2 amide bonds. The molecule has 0 fully saturated rings. The van der Waals surface area contributed by atoms with Crippen LogP contribution in [0.1, 0.15) is 11.1 Å². The van der Waals surface area contributed by atoms with Gasteiger partial charge in [-0.15, -0.1) is 0 Å². The number of amides is 2. The van der Waals surface area contributed by atoms with Crippen LogP contribution in [0.15, 0.2) is 78.0 Å². The molecule has 0 atom stereocenters. The number of sulfonamides is 1. The summed E-state index contributed by atoms with van der Waals surface area (Å²) in [4.78, 5) is 18.3. The summed E-state index contributed by atoms with van der Waals surface area (Å²) in [5.74, 6) is 0. The van der Waals surface area contributed by atoms with E-state index in [9.17, 15) is 13.2 Å². The monoisotopic (exact) mass is 467 g/mol. The summed E-state index contributed by atoms with van der Waals surface area (Å²) >= 11 is 0. The lowest BCUT2D eigenvalue weighted by molar-refractivity contribution is 0.251. The zero-order valence-corrected chi connectivity index (χ0v) is 19.8. The average Bonchev–Trinajstić information content (AvgIpc) is 2.82. The molecule has 33 heavy (non-hydrogen) atoms. The Kier molecular flexibility index (Phi) is 8.02. The maximum absolute atomic E-state index is 12.9. The van der Waals surface area contributed by atoms with Crippen LogP contribution in [0, 0.1) is 6.92 Å². The van der Waals surface area contributed by atoms with Gasteiger partial charge in [0.2, 0.25) is 10.0 Å². The number of aromatic nitrogens is 1. The second-order valence-corrected chi connectivity index (χ2v) is 9.83. The van der Waals surface area contributed by atoms with E-state index in [2.05, 4.69) is 21.7 Å². The number of carbonyl (C=O) groups excluding carboxylic acids is 1. The number of nitrogens with one attached hydrogen (secondary N) is 2. The molecule has 1 heterocycles. The fourth-order valence-electron chi connectivity index (χ4n) is 3.16. The van der Waals surface area contributed by atoms with Crippen LogP contribution in [-0.2, 0) is 16.6 Å². The van der Waals surface area contributed by atoms with Crippen molar-refractivity contribution < 1.29 is 13.2 Å². The van der Waals surface area contributed by atoms with E-state index in [4.69, 9.17) is 0 Å². The molecule has 0 aliphatic heterocycles. The minimum atomic E-state index is -3.65. The fraction of sp³-hybridized carbons (Fsp3) is 0.250. The summed E-state index contributed by atoms with van der Waals surface area (Å²) in [7, 11) is -0.139. The SMILES string of the molecule is Cc1cccc(N(C)CCN(C)S(=O)(=O)c2ccc(NC(=O)NCc3cccnc3)cc2)c1. The van der Waals surface area contributed by atoms with Gasteiger partial charge in [-0.1, -0.05) is 18.2 Å². The van der Waals surface area contributed by atoms with Crippen molar-refractivity contribution in [2.24, 2.45) is 0 Å². The lowest BCUT2D eigenvalue weighted by atomic mass is 10.2. The number of nitrogens with zero attached hydrogens (tertiary/aromatic N) is 3. The van der Waals surface area contributed by atoms with Crippen LogP contribution in [0.4, 0.5) is 16.2 Å². The van der Waals surface area contributed by atoms with Crippen LogP contribution < -0.4 is 15.5 Å². The maximum Gasteiger partial charge on any atom is 0.319 e. The Hall–Kier alpha value is -3.43. The van der Waals surface area contributed by atoms with E-state index in [0.717, 1.165) is 16.8 Å². The highest BCUT2D eigenvalue weighted by molar-refractivity contribution is 7.89. The summed E-state index contributed by atoms with van der Waals surface area (Å²) in [5.41, 5.74) is 3.57. The molecule has 0 saturated carbocycles. The van der Waals surface area contributed by atoms with Gasteiger partial charge >= 0.3 is 6.03 Å². The number of likely N-dealkylation sites (N-methyl/N-ethyl adjacent to an activating group) is 2. The Balaban J connectivity index is 1.54. The number of carbonyl (C=O) groups is 1. The molecule has 3 aromatic rings. The molecule has 2 aromatic carbocycles. The maximum atomic E-state index is 12.9. The van der Waals surface area contributed by atoms with Crippen LogP contribution in [-0.4, -0.2) is 50.9 Å². The lowest BCUT2D eigenvalue weighted by Crippen LogP contribution is -2.34. The van der Waals surface area contributed by atoms with Gasteiger partial charge in [-0.05, 0) is 60.5 Å². The Morgan fingerprint density at radius 2 is 1.76 bits per heavy atom. The van der Waals surface area contributed by atoms with Crippen molar-refractivity contribution >= 4 is 27.4 Å². The first-order chi connectivity index (χ1) is 15.8. The highest BCUT2D eigenvalue weighted by Crippen LogP contribution is 2.19. The van der Waals surface area contributed by atoms with Crippen LogP contribution in [0.2, 0.25) is 0 Å². The predicted molar refractivity (Wildman–Crippen MR) is 131 cm³/mol. The summed E-state index contributed by atoms with van der Waals surface area (Å²) in [6, 6.07) is 17.5. The molecular weight excluding hydrogens is 438 g/mol. The fourth-order valence-corrected chi connectivity index (χ4v) is 4.32. The van der Waals surface area contributed by atoms with E-state index in [1.54, 1.807) is 37.6 Å². The van der Waals surface area contributed by atoms with Crippen molar-refractivity contribution in [2.45, 2.75) is 18.4 Å². The third-order valence-corrected chi connectivity index (χ3v) is 7.06. The molecule has 3 rings (SSSR count). The van der Waals surface area contributed by atoms with E-state index in [-0.39, 0.29) is 10.9 Å². The number of anilines is 2.